The van der Waals surface area contributed by atoms with E-state index in [2.05, 4.69) is 4.98 Å². The number of hydrogen-bond acceptors (Lipinski definition) is 4. The Morgan fingerprint density at radius 2 is 2.50 bits per heavy atom. The van der Waals surface area contributed by atoms with Gasteiger partial charge in [-0.25, -0.2) is 4.79 Å². The average Bonchev–Trinajstić information content (AvgIpc) is 2.15. The van der Waals surface area contributed by atoms with E-state index in [4.69, 9.17) is 10.8 Å². The number of aliphatic carboxylic acids is 1. The van der Waals surface area contributed by atoms with Crippen molar-refractivity contribution in [1.82, 2.24) is 4.98 Å². The van der Waals surface area contributed by atoms with Gasteiger partial charge in [0.05, 0.1) is 11.9 Å². The molecule has 1 rings (SSSR count). The third-order valence-electron chi connectivity index (χ3n) is 1.41. The molecule has 14 heavy (non-hydrogen) atoms. The molecule has 5 heteroatoms. The van der Waals surface area contributed by atoms with Gasteiger partial charge >= 0.3 is 5.97 Å². The molecule has 0 spiro atoms. The topological polar surface area (TPSA) is 76.2 Å². The van der Waals surface area contributed by atoms with Crippen molar-refractivity contribution in [3.8, 4) is 0 Å². The number of aromatic nitrogens is 1. The van der Waals surface area contributed by atoms with Crippen LogP contribution in [0, 0.1) is 0 Å². The number of pyridine rings is 1. The first-order valence-electron chi connectivity index (χ1n) is 3.92. The van der Waals surface area contributed by atoms with Crippen LogP contribution in [0.1, 0.15) is 0 Å². The van der Waals surface area contributed by atoms with E-state index in [0.29, 0.717) is 11.4 Å². The van der Waals surface area contributed by atoms with E-state index in [1.165, 1.54) is 11.8 Å². The number of carboxylic acid groups (broad SMARTS) is 1. The van der Waals surface area contributed by atoms with Crippen LogP contribution in [0.3, 0.4) is 0 Å². The second-order valence-electron chi connectivity index (χ2n) is 2.47. The van der Waals surface area contributed by atoms with Crippen molar-refractivity contribution in [1.29, 1.82) is 0 Å². The fraction of sp³-hybridized carbons (Fsp3) is 0.111. The SMILES string of the molecule is Nc1cnccc1SCC=CC(=O)O. The Balaban J connectivity index is 2.46. The van der Waals surface area contributed by atoms with Crippen LogP contribution in [-0.2, 0) is 4.79 Å². The molecule has 0 aromatic carbocycles. The van der Waals surface area contributed by atoms with Crippen molar-refractivity contribution in [3.63, 3.8) is 0 Å². The molecule has 0 atom stereocenters. The van der Waals surface area contributed by atoms with Crippen LogP contribution in [0.5, 0.6) is 0 Å². The molecule has 0 saturated heterocycles. The minimum Gasteiger partial charge on any atom is -0.478 e. The molecule has 0 aliphatic heterocycles. The first-order chi connectivity index (χ1) is 6.70. The van der Waals surface area contributed by atoms with Gasteiger partial charge in [-0.15, -0.1) is 11.8 Å². The van der Waals surface area contributed by atoms with E-state index in [9.17, 15) is 4.79 Å². The van der Waals surface area contributed by atoms with Crippen molar-refractivity contribution >= 4 is 23.4 Å². The summed E-state index contributed by atoms with van der Waals surface area (Å²) in [6, 6.07) is 1.80. The Labute approximate surface area is 85.8 Å². The predicted molar refractivity (Wildman–Crippen MR) is 56.1 cm³/mol. The van der Waals surface area contributed by atoms with Crippen molar-refractivity contribution < 1.29 is 9.90 Å². The molecule has 0 saturated carbocycles. The monoisotopic (exact) mass is 210 g/mol. The second kappa shape index (κ2) is 5.29. The summed E-state index contributed by atoms with van der Waals surface area (Å²) in [6.07, 6.45) is 5.92. The highest BCUT2D eigenvalue weighted by atomic mass is 32.2. The first kappa shape index (κ1) is 10.6. The van der Waals surface area contributed by atoms with Crippen molar-refractivity contribution in [2.45, 2.75) is 4.90 Å². The Morgan fingerprint density at radius 3 is 3.14 bits per heavy atom. The van der Waals surface area contributed by atoms with E-state index >= 15 is 0 Å². The zero-order chi connectivity index (χ0) is 10.4. The van der Waals surface area contributed by atoms with Gasteiger partial charge < -0.3 is 10.8 Å². The average molecular weight is 210 g/mol. The first-order valence-corrected chi connectivity index (χ1v) is 4.90. The molecule has 0 radical (unpaired) electrons. The fourth-order valence-electron chi connectivity index (χ4n) is 0.812. The van der Waals surface area contributed by atoms with Gasteiger partial charge in [0, 0.05) is 22.9 Å². The lowest BCUT2D eigenvalue weighted by Crippen LogP contribution is -1.90. The molecule has 0 unspecified atom stereocenters. The van der Waals surface area contributed by atoms with Gasteiger partial charge in [-0.3, -0.25) is 4.98 Å². The molecular formula is C9H10N2O2S. The molecule has 0 fully saturated rings. The van der Waals surface area contributed by atoms with Crippen molar-refractivity contribution in [2.75, 3.05) is 11.5 Å². The summed E-state index contributed by atoms with van der Waals surface area (Å²) in [5, 5.41) is 8.33. The van der Waals surface area contributed by atoms with E-state index < -0.39 is 5.97 Å². The van der Waals surface area contributed by atoms with Crippen LogP contribution in [-0.4, -0.2) is 21.8 Å². The van der Waals surface area contributed by atoms with E-state index in [1.807, 2.05) is 0 Å². The van der Waals surface area contributed by atoms with Gasteiger partial charge in [0.25, 0.3) is 0 Å². The third kappa shape index (κ3) is 3.49. The highest BCUT2D eigenvalue weighted by Gasteiger charge is 1.96. The highest BCUT2D eigenvalue weighted by molar-refractivity contribution is 7.99. The van der Waals surface area contributed by atoms with E-state index in [-0.39, 0.29) is 0 Å². The van der Waals surface area contributed by atoms with Crippen LogP contribution in [0.15, 0.2) is 35.5 Å². The number of nitrogens with two attached hydrogens (primary N) is 1. The van der Waals surface area contributed by atoms with Gasteiger partial charge in [-0.05, 0) is 6.07 Å². The number of rotatable bonds is 4. The quantitative estimate of drug-likeness (QED) is 0.580. The van der Waals surface area contributed by atoms with Crippen LogP contribution in [0.25, 0.3) is 0 Å². The van der Waals surface area contributed by atoms with Gasteiger partial charge in [0.2, 0.25) is 0 Å². The van der Waals surface area contributed by atoms with E-state index in [0.717, 1.165) is 11.0 Å². The normalized spacial score (nSPS) is 10.6. The summed E-state index contributed by atoms with van der Waals surface area (Å²) in [5.74, 6) is -0.353. The lowest BCUT2D eigenvalue weighted by atomic mass is 10.4. The molecular weight excluding hydrogens is 200 g/mol. The maximum atomic E-state index is 10.1. The zero-order valence-electron chi connectivity index (χ0n) is 7.38. The molecule has 1 aromatic heterocycles. The van der Waals surface area contributed by atoms with E-state index in [1.54, 1.807) is 24.5 Å². The number of nitrogen functional groups attached to an aromatic ring is 1. The fourth-order valence-corrected chi connectivity index (χ4v) is 1.56. The molecule has 74 valence electrons. The van der Waals surface area contributed by atoms with Gasteiger partial charge in [-0.2, -0.15) is 0 Å². The minimum atomic E-state index is -0.937. The Bertz CT molecular complexity index is 352. The summed E-state index contributed by atoms with van der Waals surface area (Å²) in [6.45, 7) is 0. The number of carboxylic acids is 1. The highest BCUT2D eigenvalue weighted by Crippen LogP contribution is 2.23. The number of anilines is 1. The van der Waals surface area contributed by atoms with Crippen LogP contribution >= 0.6 is 11.8 Å². The van der Waals surface area contributed by atoms with Crippen molar-refractivity contribution in [2.24, 2.45) is 0 Å². The number of hydrogen-bond donors (Lipinski definition) is 2. The van der Waals surface area contributed by atoms with Crippen molar-refractivity contribution in [3.05, 3.63) is 30.6 Å². The third-order valence-corrected chi connectivity index (χ3v) is 2.45. The molecule has 4 nitrogen and oxygen atoms in total. The maximum absolute atomic E-state index is 10.1. The smallest absolute Gasteiger partial charge is 0.328 e. The standard InChI is InChI=1S/C9H10N2O2S/c10-7-6-11-4-3-8(7)14-5-1-2-9(12)13/h1-4,6H,5,10H2,(H,12,13). The zero-order valence-corrected chi connectivity index (χ0v) is 8.20. The largest absolute Gasteiger partial charge is 0.478 e. The molecule has 0 aliphatic carbocycles. The number of carbonyl (C=O) groups is 1. The van der Waals surface area contributed by atoms with Gasteiger partial charge in [-0.1, -0.05) is 6.08 Å². The summed E-state index contributed by atoms with van der Waals surface area (Å²) < 4.78 is 0. The summed E-state index contributed by atoms with van der Waals surface area (Å²) >= 11 is 1.47. The summed E-state index contributed by atoms with van der Waals surface area (Å²) in [4.78, 5) is 14.9. The van der Waals surface area contributed by atoms with Gasteiger partial charge in [0.15, 0.2) is 0 Å². The maximum Gasteiger partial charge on any atom is 0.328 e. The Morgan fingerprint density at radius 1 is 1.71 bits per heavy atom. The summed E-state index contributed by atoms with van der Waals surface area (Å²) in [7, 11) is 0. The molecule has 3 N–H and O–H groups in total. The Kier molecular flexibility index (Phi) is 4.00. The Hall–Kier alpha value is -1.49. The number of thioether (sulfide) groups is 1. The van der Waals surface area contributed by atoms with Gasteiger partial charge in [0.1, 0.15) is 0 Å². The lowest BCUT2D eigenvalue weighted by Gasteiger charge is -2.00. The van der Waals surface area contributed by atoms with Crippen LogP contribution in [0.2, 0.25) is 0 Å². The summed E-state index contributed by atoms with van der Waals surface area (Å²) in [5.41, 5.74) is 6.25. The predicted octanol–water partition coefficient (Wildman–Crippen LogP) is 1.40. The molecule has 1 heterocycles. The lowest BCUT2D eigenvalue weighted by molar-refractivity contribution is -0.131. The second-order valence-corrected chi connectivity index (χ2v) is 3.53. The molecule has 0 bridgehead atoms. The minimum absolute atomic E-state index is 0.584. The van der Waals surface area contributed by atoms with Crippen LogP contribution in [0.4, 0.5) is 5.69 Å². The molecule has 0 amide bonds. The number of nitrogens with zero attached hydrogens (tertiary/aromatic N) is 1. The van der Waals surface area contributed by atoms with Crippen LogP contribution < -0.4 is 5.73 Å². The molecule has 1 aromatic rings. The molecule has 0 aliphatic rings.